The van der Waals surface area contributed by atoms with Crippen molar-refractivity contribution in [2.45, 2.75) is 13.0 Å². The van der Waals surface area contributed by atoms with Gasteiger partial charge in [0.05, 0.1) is 7.11 Å². The molecule has 0 rings (SSSR count). The van der Waals surface area contributed by atoms with Gasteiger partial charge in [-0.25, -0.2) is 9.86 Å². The number of carboxylic acid groups (broad SMARTS) is 1. The monoisotopic (exact) mass is 176 g/mol. The fourth-order valence-electron chi connectivity index (χ4n) is 0.610. The Bertz CT molecular complexity index is 182. The minimum atomic E-state index is -1.24. The Hall–Kier alpha value is -1.30. The van der Waals surface area contributed by atoms with Crippen molar-refractivity contribution in [3.63, 3.8) is 0 Å². The quantitative estimate of drug-likeness (QED) is 0.577. The fourth-order valence-corrected chi connectivity index (χ4v) is 0.610. The van der Waals surface area contributed by atoms with Gasteiger partial charge in [0, 0.05) is 7.05 Å². The predicted octanol–water partition coefficient (Wildman–Crippen LogP) is -0.338. The molecular formula is C6H12N2O4. The molecule has 0 fully saturated rings. The lowest BCUT2D eigenvalue weighted by atomic mass is 10.3. The van der Waals surface area contributed by atoms with Crippen molar-refractivity contribution < 1.29 is 19.5 Å². The zero-order chi connectivity index (χ0) is 9.72. The Morgan fingerprint density at radius 1 is 1.58 bits per heavy atom. The average Bonchev–Trinajstić information content (AvgIpc) is 2.00. The summed E-state index contributed by atoms with van der Waals surface area (Å²) in [6.07, 6.45) is -1.24. The topological polar surface area (TPSA) is 78.9 Å². The van der Waals surface area contributed by atoms with Gasteiger partial charge in [0.2, 0.25) is 0 Å². The number of nitrogens with one attached hydrogen (secondary N) is 1. The van der Waals surface area contributed by atoms with Crippen molar-refractivity contribution in [2.24, 2.45) is 0 Å². The Morgan fingerprint density at radius 3 is 2.42 bits per heavy atom. The molecule has 0 aliphatic carbocycles. The minimum absolute atomic E-state index is 0.445. The Labute approximate surface area is 70.1 Å². The molecule has 2 amide bonds. The standard InChI is InChI=1S/C6H12N2O4/c1-4(7-6(10)11)5(9)8(2)12-3/h4,7H,1-3H3,(H,10,11). The van der Waals surface area contributed by atoms with Crippen molar-refractivity contribution >= 4 is 12.0 Å². The third-order valence-corrected chi connectivity index (χ3v) is 1.29. The van der Waals surface area contributed by atoms with Crippen LogP contribution in [0.4, 0.5) is 4.79 Å². The number of rotatable bonds is 3. The molecular weight excluding hydrogens is 164 g/mol. The van der Waals surface area contributed by atoms with Crippen LogP contribution in [-0.4, -0.2) is 42.4 Å². The number of likely N-dealkylation sites (N-methyl/N-ethyl adjacent to an activating group) is 1. The first-order valence-corrected chi connectivity index (χ1v) is 3.30. The van der Waals surface area contributed by atoms with Gasteiger partial charge in [-0.15, -0.1) is 0 Å². The van der Waals surface area contributed by atoms with E-state index in [1.54, 1.807) is 0 Å². The van der Waals surface area contributed by atoms with Gasteiger partial charge in [-0.2, -0.15) is 0 Å². The van der Waals surface area contributed by atoms with E-state index in [9.17, 15) is 9.59 Å². The molecule has 0 radical (unpaired) electrons. The lowest BCUT2D eigenvalue weighted by molar-refractivity contribution is -0.170. The molecule has 0 bridgehead atoms. The summed E-state index contributed by atoms with van der Waals surface area (Å²) in [5.41, 5.74) is 0. The van der Waals surface area contributed by atoms with Crippen LogP contribution < -0.4 is 5.32 Å². The summed E-state index contributed by atoms with van der Waals surface area (Å²) in [4.78, 5) is 25.8. The smallest absolute Gasteiger partial charge is 0.405 e. The first-order chi connectivity index (χ1) is 5.49. The van der Waals surface area contributed by atoms with Crippen LogP contribution in [0, 0.1) is 0 Å². The number of hydrogen-bond acceptors (Lipinski definition) is 3. The molecule has 1 unspecified atom stereocenters. The van der Waals surface area contributed by atoms with Gasteiger partial charge < -0.3 is 10.4 Å². The molecule has 0 heterocycles. The van der Waals surface area contributed by atoms with Gasteiger partial charge in [0.25, 0.3) is 5.91 Å². The highest BCUT2D eigenvalue weighted by Crippen LogP contribution is 1.90. The van der Waals surface area contributed by atoms with Crippen LogP contribution in [0.25, 0.3) is 0 Å². The molecule has 1 atom stereocenters. The van der Waals surface area contributed by atoms with Crippen LogP contribution in [0.15, 0.2) is 0 Å². The van der Waals surface area contributed by atoms with Crippen LogP contribution >= 0.6 is 0 Å². The number of nitrogens with zero attached hydrogens (tertiary/aromatic N) is 1. The summed E-state index contributed by atoms with van der Waals surface area (Å²) >= 11 is 0. The molecule has 6 heteroatoms. The van der Waals surface area contributed by atoms with Gasteiger partial charge in [-0.3, -0.25) is 9.63 Å². The van der Waals surface area contributed by atoms with E-state index < -0.39 is 18.0 Å². The van der Waals surface area contributed by atoms with E-state index in [1.165, 1.54) is 21.1 Å². The highest BCUT2D eigenvalue weighted by Gasteiger charge is 2.18. The molecule has 6 nitrogen and oxygen atoms in total. The summed E-state index contributed by atoms with van der Waals surface area (Å²) < 4.78 is 0. The Kier molecular flexibility index (Phi) is 4.06. The van der Waals surface area contributed by atoms with Gasteiger partial charge in [-0.05, 0) is 6.92 Å². The van der Waals surface area contributed by atoms with Crippen molar-refractivity contribution in [3.8, 4) is 0 Å². The molecule has 0 saturated heterocycles. The summed E-state index contributed by atoms with van der Waals surface area (Å²) in [5, 5.41) is 11.2. The number of hydrogen-bond donors (Lipinski definition) is 2. The summed E-state index contributed by atoms with van der Waals surface area (Å²) in [5.74, 6) is -0.445. The summed E-state index contributed by atoms with van der Waals surface area (Å²) in [6.45, 7) is 1.44. The van der Waals surface area contributed by atoms with E-state index >= 15 is 0 Å². The van der Waals surface area contributed by atoms with E-state index in [1.807, 2.05) is 5.32 Å². The Balaban J connectivity index is 4.01. The van der Waals surface area contributed by atoms with E-state index in [0.717, 1.165) is 5.06 Å². The molecule has 2 N–H and O–H groups in total. The first-order valence-electron chi connectivity index (χ1n) is 3.30. The number of amides is 2. The summed E-state index contributed by atoms with van der Waals surface area (Å²) in [7, 11) is 2.73. The number of carbonyl (C=O) groups excluding carboxylic acids is 1. The van der Waals surface area contributed by atoms with Crippen molar-refractivity contribution in [1.82, 2.24) is 10.4 Å². The second kappa shape index (κ2) is 4.55. The van der Waals surface area contributed by atoms with Crippen LogP contribution in [-0.2, 0) is 9.63 Å². The Morgan fingerprint density at radius 2 is 2.08 bits per heavy atom. The van der Waals surface area contributed by atoms with Gasteiger partial charge >= 0.3 is 6.09 Å². The summed E-state index contributed by atoms with van der Waals surface area (Å²) in [6, 6.07) is -0.799. The van der Waals surface area contributed by atoms with E-state index in [4.69, 9.17) is 5.11 Å². The third-order valence-electron chi connectivity index (χ3n) is 1.29. The number of hydroxylamine groups is 2. The average molecular weight is 176 g/mol. The largest absolute Gasteiger partial charge is 0.465 e. The molecule has 0 aliphatic rings. The van der Waals surface area contributed by atoms with Crippen LogP contribution in [0.5, 0.6) is 0 Å². The van der Waals surface area contributed by atoms with Crippen LogP contribution in [0.1, 0.15) is 6.92 Å². The van der Waals surface area contributed by atoms with Crippen LogP contribution in [0.2, 0.25) is 0 Å². The maximum atomic E-state index is 11.1. The maximum Gasteiger partial charge on any atom is 0.405 e. The number of carbonyl (C=O) groups is 2. The third kappa shape index (κ3) is 3.20. The SMILES string of the molecule is CON(C)C(=O)C(C)NC(=O)O. The highest BCUT2D eigenvalue weighted by atomic mass is 16.7. The van der Waals surface area contributed by atoms with Gasteiger partial charge in [0.15, 0.2) is 0 Å². The van der Waals surface area contributed by atoms with Gasteiger partial charge in [-0.1, -0.05) is 0 Å². The normalized spacial score (nSPS) is 11.9. The molecule has 0 aromatic rings. The predicted molar refractivity (Wildman–Crippen MR) is 40.4 cm³/mol. The highest BCUT2D eigenvalue weighted by molar-refractivity contribution is 5.83. The molecule has 70 valence electrons. The fraction of sp³-hybridized carbons (Fsp3) is 0.667. The van der Waals surface area contributed by atoms with Crippen molar-refractivity contribution in [3.05, 3.63) is 0 Å². The molecule has 0 aromatic heterocycles. The molecule has 0 aliphatic heterocycles. The first kappa shape index (κ1) is 10.7. The molecule has 0 aromatic carbocycles. The van der Waals surface area contributed by atoms with E-state index in [2.05, 4.69) is 4.84 Å². The lowest BCUT2D eigenvalue weighted by Crippen LogP contribution is -2.44. The molecule has 0 saturated carbocycles. The van der Waals surface area contributed by atoms with Gasteiger partial charge in [0.1, 0.15) is 6.04 Å². The second-order valence-electron chi connectivity index (χ2n) is 2.19. The van der Waals surface area contributed by atoms with Crippen molar-refractivity contribution in [2.75, 3.05) is 14.2 Å². The van der Waals surface area contributed by atoms with E-state index in [0.29, 0.717) is 0 Å². The zero-order valence-electron chi connectivity index (χ0n) is 7.20. The molecule has 12 heavy (non-hydrogen) atoms. The second-order valence-corrected chi connectivity index (χ2v) is 2.19. The zero-order valence-corrected chi connectivity index (χ0v) is 7.20. The van der Waals surface area contributed by atoms with Crippen LogP contribution in [0.3, 0.4) is 0 Å². The van der Waals surface area contributed by atoms with E-state index in [-0.39, 0.29) is 0 Å². The maximum absolute atomic E-state index is 11.1. The van der Waals surface area contributed by atoms with Crippen molar-refractivity contribution in [1.29, 1.82) is 0 Å². The minimum Gasteiger partial charge on any atom is -0.465 e. The molecule has 0 spiro atoms. The lowest BCUT2D eigenvalue weighted by Gasteiger charge is -2.18.